The molecule has 1 rings (SSSR count). The van der Waals surface area contributed by atoms with Crippen LogP contribution in [0.15, 0.2) is 21.6 Å². The Hall–Kier alpha value is -0.960. The number of allylic oxidation sites excluding steroid dienone is 1. The third kappa shape index (κ3) is 3.89. The first kappa shape index (κ1) is 13.1. The number of aliphatic hydroxyl groups excluding tert-OH is 1. The van der Waals surface area contributed by atoms with Crippen LogP contribution in [0.4, 0.5) is 0 Å². The lowest BCUT2D eigenvalue weighted by atomic mass is 9.90. The summed E-state index contributed by atoms with van der Waals surface area (Å²) in [5.74, 6) is 1.30. The molecule has 16 heavy (non-hydrogen) atoms. The van der Waals surface area contributed by atoms with Crippen molar-refractivity contribution in [2.75, 3.05) is 13.7 Å². The highest BCUT2D eigenvalue weighted by Crippen LogP contribution is 2.24. The number of rotatable bonds is 4. The largest absolute Gasteiger partial charge is 0.396 e. The van der Waals surface area contributed by atoms with Gasteiger partial charge in [0.05, 0.1) is 0 Å². The predicted molar refractivity (Wildman–Crippen MR) is 69.3 cm³/mol. The quantitative estimate of drug-likeness (QED) is 0.576. The number of amidine groups is 1. The lowest BCUT2D eigenvalue weighted by molar-refractivity contribution is 0.217. The Morgan fingerprint density at radius 2 is 2.44 bits per heavy atom. The third-order valence-corrected chi connectivity index (χ3v) is 2.91. The lowest BCUT2D eigenvalue weighted by Crippen LogP contribution is -2.13. The second-order valence-electron chi connectivity index (χ2n) is 4.20. The molecule has 0 aromatic heterocycles. The molecule has 1 aliphatic carbocycles. The lowest BCUT2D eigenvalue weighted by Gasteiger charge is -2.19. The molecule has 3 heteroatoms. The minimum absolute atomic E-state index is 0.293. The molecule has 0 heterocycles. The van der Waals surface area contributed by atoms with E-state index in [0.717, 1.165) is 37.9 Å². The van der Waals surface area contributed by atoms with E-state index < -0.39 is 0 Å². The minimum Gasteiger partial charge on any atom is -0.396 e. The van der Waals surface area contributed by atoms with Crippen molar-refractivity contribution < 1.29 is 5.11 Å². The SMILES string of the molecule is CCCC=NC(=NC)C1=CCC(CO)CC1. The molecular formula is C13H22N2O. The first-order chi connectivity index (χ1) is 7.81. The van der Waals surface area contributed by atoms with Crippen molar-refractivity contribution in [3.63, 3.8) is 0 Å². The van der Waals surface area contributed by atoms with Gasteiger partial charge in [0.15, 0.2) is 0 Å². The highest BCUT2D eigenvalue weighted by atomic mass is 16.3. The highest BCUT2D eigenvalue weighted by molar-refractivity contribution is 6.02. The number of unbranched alkanes of at least 4 members (excludes halogenated alkanes) is 1. The summed E-state index contributed by atoms with van der Waals surface area (Å²) < 4.78 is 0. The smallest absolute Gasteiger partial charge is 0.149 e. The van der Waals surface area contributed by atoms with Gasteiger partial charge in [0.2, 0.25) is 0 Å². The normalized spacial score (nSPS) is 22.6. The van der Waals surface area contributed by atoms with Crippen molar-refractivity contribution in [1.29, 1.82) is 0 Å². The van der Waals surface area contributed by atoms with Crippen LogP contribution >= 0.6 is 0 Å². The Bertz CT molecular complexity index is 292. The van der Waals surface area contributed by atoms with Crippen LogP contribution < -0.4 is 0 Å². The molecule has 0 spiro atoms. The Labute approximate surface area is 98.0 Å². The first-order valence-corrected chi connectivity index (χ1v) is 6.11. The van der Waals surface area contributed by atoms with Crippen LogP contribution in [0.3, 0.4) is 0 Å². The van der Waals surface area contributed by atoms with Gasteiger partial charge < -0.3 is 5.11 Å². The Kier molecular flexibility index (Phi) is 6.01. The van der Waals surface area contributed by atoms with Gasteiger partial charge in [0, 0.05) is 19.9 Å². The second-order valence-corrected chi connectivity index (χ2v) is 4.20. The zero-order valence-electron chi connectivity index (χ0n) is 10.3. The molecule has 1 N–H and O–H groups in total. The van der Waals surface area contributed by atoms with Crippen molar-refractivity contribution in [2.45, 2.75) is 39.0 Å². The number of hydrogen-bond acceptors (Lipinski definition) is 2. The summed E-state index contributed by atoms with van der Waals surface area (Å²) >= 11 is 0. The van der Waals surface area contributed by atoms with E-state index in [9.17, 15) is 0 Å². The molecule has 0 aromatic rings. The molecule has 0 aromatic carbocycles. The van der Waals surface area contributed by atoms with Gasteiger partial charge in [-0.3, -0.25) is 4.99 Å². The van der Waals surface area contributed by atoms with Crippen LogP contribution in [0.2, 0.25) is 0 Å². The fraction of sp³-hybridized carbons (Fsp3) is 0.692. The van der Waals surface area contributed by atoms with E-state index in [0.29, 0.717) is 12.5 Å². The maximum absolute atomic E-state index is 9.06. The monoisotopic (exact) mass is 222 g/mol. The Balaban J connectivity index is 2.58. The second kappa shape index (κ2) is 7.34. The Morgan fingerprint density at radius 1 is 1.62 bits per heavy atom. The fourth-order valence-electron chi connectivity index (χ4n) is 1.82. The van der Waals surface area contributed by atoms with E-state index in [-0.39, 0.29) is 0 Å². The summed E-state index contributed by atoms with van der Waals surface area (Å²) in [4.78, 5) is 8.62. The fourth-order valence-corrected chi connectivity index (χ4v) is 1.82. The summed E-state index contributed by atoms with van der Waals surface area (Å²) in [7, 11) is 1.79. The molecule has 0 radical (unpaired) electrons. The highest BCUT2D eigenvalue weighted by Gasteiger charge is 2.15. The van der Waals surface area contributed by atoms with Crippen molar-refractivity contribution >= 4 is 12.1 Å². The molecule has 0 saturated carbocycles. The van der Waals surface area contributed by atoms with Crippen LogP contribution in [-0.4, -0.2) is 30.8 Å². The zero-order valence-corrected chi connectivity index (χ0v) is 10.3. The molecule has 0 fully saturated rings. The average Bonchev–Trinajstić information content (AvgIpc) is 2.35. The van der Waals surface area contributed by atoms with E-state index in [2.05, 4.69) is 23.0 Å². The van der Waals surface area contributed by atoms with Gasteiger partial charge >= 0.3 is 0 Å². The third-order valence-electron chi connectivity index (χ3n) is 2.91. The first-order valence-electron chi connectivity index (χ1n) is 6.11. The van der Waals surface area contributed by atoms with Crippen LogP contribution in [0.5, 0.6) is 0 Å². The van der Waals surface area contributed by atoms with Crippen LogP contribution in [-0.2, 0) is 0 Å². The van der Waals surface area contributed by atoms with Crippen LogP contribution in [0, 0.1) is 5.92 Å². The zero-order chi connectivity index (χ0) is 11.8. The molecule has 1 unspecified atom stereocenters. The van der Waals surface area contributed by atoms with Gasteiger partial charge in [-0.15, -0.1) is 0 Å². The maximum atomic E-state index is 9.06. The molecule has 0 saturated heterocycles. The van der Waals surface area contributed by atoms with E-state index in [1.54, 1.807) is 7.05 Å². The number of aliphatic imine (C=N–C) groups is 2. The van der Waals surface area contributed by atoms with E-state index in [4.69, 9.17) is 5.11 Å². The van der Waals surface area contributed by atoms with Gasteiger partial charge in [-0.25, -0.2) is 4.99 Å². The summed E-state index contributed by atoms with van der Waals surface area (Å²) in [6, 6.07) is 0. The summed E-state index contributed by atoms with van der Waals surface area (Å²) in [6.45, 7) is 2.43. The van der Waals surface area contributed by atoms with Crippen molar-refractivity contribution in [3.8, 4) is 0 Å². The van der Waals surface area contributed by atoms with Gasteiger partial charge in [-0.1, -0.05) is 19.4 Å². The molecule has 0 bridgehead atoms. The molecule has 0 aliphatic heterocycles. The maximum Gasteiger partial charge on any atom is 0.149 e. The van der Waals surface area contributed by atoms with Crippen molar-refractivity contribution in [2.24, 2.45) is 15.9 Å². The van der Waals surface area contributed by atoms with Gasteiger partial charge in [-0.05, 0) is 37.2 Å². The molecule has 0 amide bonds. The summed E-state index contributed by atoms with van der Waals surface area (Å²) in [5, 5.41) is 9.06. The topological polar surface area (TPSA) is 45.0 Å². The van der Waals surface area contributed by atoms with Crippen LogP contribution in [0.1, 0.15) is 39.0 Å². The van der Waals surface area contributed by atoms with Crippen molar-refractivity contribution in [1.82, 2.24) is 0 Å². The number of hydrogen-bond donors (Lipinski definition) is 1. The number of aliphatic hydroxyl groups is 1. The molecule has 3 nitrogen and oxygen atoms in total. The molecule has 1 aliphatic rings. The molecular weight excluding hydrogens is 200 g/mol. The summed E-state index contributed by atoms with van der Waals surface area (Å²) in [6.07, 6.45) is 9.23. The van der Waals surface area contributed by atoms with Crippen molar-refractivity contribution in [3.05, 3.63) is 11.6 Å². The van der Waals surface area contributed by atoms with E-state index in [1.165, 1.54) is 5.57 Å². The van der Waals surface area contributed by atoms with Crippen LogP contribution in [0.25, 0.3) is 0 Å². The van der Waals surface area contributed by atoms with Gasteiger partial charge in [0.1, 0.15) is 5.84 Å². The average molecular weight is 222 g/mol. The predicted octanol–water partition coefficient (Wildman–Crippen LogP) is 2.60. The standard InChI is InChI=1S/C13H22N2O/c1-3-4-9-15-13(14-2)12-7-5-11(10-16)6-8-12/h7,9,11,16H,3-6,8,10H2,1-2H3. The molecule has 1 atom stereocenters. The molecule has 90 valence electrons. The van der Waals surface area contributed by atoms with Gasteiger partial charge in [0.25, 0.3) is 0 Å². The summed E-state index contributed by atoms with van der Waals surface area (Å²) in [5.41, 5.74) is 1.24. The number of nitrogens with zero attached hydrogens (tertiary/aromatic N) is 2. The van der Waals surface area contributed by atoms with E-state index in [1.807, 2.05) is 6.21 Å². The van der Waals surface area contributed by atoms with E-state index >= 15 is 0 Å². The minimum atomic E-state index is 0.293. The van der Waals surface area contributed by atoms with Gasteiger partial charge in [-0.2, -0.15) is 0 Å². The Morgan fingerprint density at radius 3 is 2.94 bits per heavy atom.